The molecule has 188 valence electrons. The number of rotatable bonds is 2. The van der Waals surface area contributed by atoms with Crippen molar-refractivity contribution in [3.05, 3.63) is 41.3 Å². The minimum Gasteiger partial charge on any atom is -0.444 e. The van der Waals surface area contributed by atoms with E-state index in [1.54, 1.807) is 15.8 Å². The summed E-state index contributed by atoms with van der Waals surface area (Å²) in [4.78, 5) is 14.3. The SMILES string of the molecule is CC.CC.CC1CN(C(=O)OC(C)(C)C)CCC1c1cc2c(cnn2-c2cnn(C)c2)cc1Cl. The third-order valence-corrected chi connectivity index (χ3v) is 5.91. The highest BCUT2D eigenvalue weighted by atomic mass is 35.5. The van der Waals surface area contributed by atoms with E-state index in [9.17, 15) is 4.79 Å². The molecule has 2 atom stereocenters. The van der Waals surface area contributed by atoms with Crippen LogP contribution in [0.1, 0.15) is 73.3 Å². The number of aromatic nitrogens is 4. The number of ether oxygens (including phenoxy) is 1. The summed E-state index contributed by atoms with van der Waals surface area (Å²) >= 11 is 6.69. The zero-order chi connectivity index (χ0) is 25.6. The summed E-state index contributed by atoms with van der Waals surface area (Å²) < 4.78 is 9.20. The maximum Gasteiger partial charge on any atom is 0.410 e. The number of fused-ring (bicyclic) bond motifs is 1. The highest BCUT2D eigenvalue weighted by Gasteiger charge is 2.33. The molecule has 3 heterocycles. The van der Waals surface area contributed by atoms with Crippen LogP contribution in [-0.4, -0.2) is 49.2 Å². The van der Waals surface area contributed by atoms with Crippen LogP contribution in [0.15, 0.2) is 30.7 Å². The molecular formula is C26H40ClN5O2. The predicted octanol–water partition coefficient (Wildman–Crippen LogP) is 6.83. The Morgan fingerprint density at radius 2 is 1.79 bits per heavy atom. The fourth-order valence-electron chi connectivity index (χ4n) is 4.17. The number of hydrogen-bond acceptors (Lipinski definition) is 4. The number of halogens is 1. The smallest absolute Gasteiger partial charge is 0.410 e. The normalized spacial score (nSPS) is 18.0. The van der Waals surface area contributed by atoms with Crippen molar-refractivity contribution in [2.24, 2.45) is 13.0 Å². The second-order valence-corrected chi connectivity index (χ2v) is 9.57. The number of benzene rings is 1. The number of carbonyl (C=O) groups excluding carboxylic acids is 1. The Morgan fingerprint density at radius 3 is 2.35 bits per heavy atom. The molecule has 7 nitrogen and oxygen atoms in total. The van der Waals surface area contributed by atoms with Gasteiger partial charge in [0.05, 0.1) is 24.1 Å². The van der Waals surface area contributed by atoms with Crippen molar-refractivity contribution in [3.8, 4) is 5.69 Å². The summed E-state index contributed by atoms with van der Waals surface area (Å²) in [7, 11) is 1.89. The van der Waals surface area contributed by atoms with Gasteiger partial charge in [0.25, 0.3) is 0 Å². The molecule has 34 heavy (non-hydrogen) atoms. The van der Waals surface area contributed by atoms with E-state index in [0.29, 0.717) is 13.1 Å². The molecule has 8 heteroatoms. The first kappa shape index (κ1) is 27.7. The highest BCUT2D eigenvalue weighted by Crippen LogP contribution is 2.39. The molecular weight excluding hydrogens is 450 g/mol. The quantitative estimate of drug-likeness (QED) is 0.396. The number of aryl methyl sites for hydroxylation is 1. The fraction of sp³-hybridized carbons (Fsp3) is 0.577. The zero-order valence-corrected chi connectivity index (χ0v) is 22.8. The van der Waals surface area contributed by atoms with E-state index >= 15 is 0 Å². The molecule has 0 saturated carbocycles. The van der Waals surface area contributed by atoms with Gasteiger partial charge in [0, 0.05) is 30.5 Å². The summed E-state index contributed by atoms with van der Waals surface area (Å²) in [5.41, 5.74) is 2.53. The van der Waals surface area contributed by atoms with E-state index in [-0.39, 0.29) is 17.9 Å². The molecule has 1 fully saturated rings. The van der Waals surface area contributed by atoms with E-state index in [0.717, 1.165) is 33.6 Å². The minimum atomic E-state index is -0.490. The molecule has 0 aliphatic carbocycles. The van der Waals surface area contributed by atoms with Gasteiger partial charge < -0.3 is 9.64 Å². The van der Waals surface area contributed by atoms with Crippen LogP contribution in [0.25, 0.3) is 16.6 Å². The maximum atomic E-state index is 12.5. The predicted molar refractivity (Wildman–Crippen MR) is 140 cm³/mol. The maximum absolute atomic E-state index is 12.5. The first-order valence-corrected chi connectivity index (χ1v) is 12.6. The summed E-state index contributed by atoms with van der Waals surface area (Å²) in [5, 5.41) is 10.5. The van der Waals surface area contributed by atoms with Gasteiger partial charge in [-0.25, -0.2) is 9.48 Å². The molecule has 2 aromatic heterocycles. The van der Waals surface area contributed by atoms with Crippen molar-refractivity contribution < 1.29 is 9.53 Å². The Labute approximate surface area is 209 Å². The van der Waals surface area contributed by atoms with Crippen molar-refractivity contribution >= 4 is 28.6 Å². The molecule has 0 N–H and O–H groups in total. The lowest BCUT2D eigenvalue weighted by Crippen LogP contribution is -2.44. The Kier molecular flexibility index (Phi) is 9.56. The molecule has 1 aliphatic heterocycles. The van der Waals surface area contributed by atoms with E-state index in [4.69, 9.17) is 16.3 Å². The molecule has 4 rings (SSSR count). The van der Waals surface area contributed by atoms with Crippen LogP contribution in [-0.2, 0) is 11.8 Å². The van der Waals surface area contributed by atoms with E-state index < -0.39 is 5.60 Å². The van der Waals surface area contributed by atoms with Crippen LogP contribution in [0.4, 0.5) is 4.79 Å². The van der Waals surface area contributed by atoms with E-state index in [1.165, 1.54) is 0 Å². The molecule has 1 saturated heterocycles. The molecule has 0 bridgehead atoms. The summed E-state index contributed by atoms with van der Waals surface area (Å²) in [6.45, 7) is 17.1. The first-order valence-electron chi connectivity index (χ1n) is 12.3. The molecule has 0 radical (unpaired) electrons. The number of nitrogens with zero attached hydrogens (tertiary/aromatic N) is 5. The lowest BCUT2D eigenvalue weighted by atomic mass is 9.81. The second-order valence-electron chi connectivity index (χ2n) is 9.16. The number of carbonyl (C=O) groups is 1. The van der Waals surface area contributed by atoms with E-state index in [2.05, 4.69) is 23.2 Å². The topological polar surface area (TPSA) is 65.2 Å². The van der Waals surface area contributed by atoms with Crippen LogP contribution in [0.2, 0.25) is 5.02 Å². The minimum absolute atomic E-state index is 0.246. The van der Waals surface area contributed by atoms with Gasteiger partial charge in [-0.15, -0.1) is 0 Å². The standard InChI is InChI=1S/C22H28ClN5O2.2C2H6/c1-14-12-27(21(29)30-22(2,3)4)7-6-17(14)18-9-20-15(8-19(18)23)10-25-28(20)16-11-24-26(5)13-16;2*1-2/h8-11,13-14,17H,6-7,12H2,1-5H3;2*1-2H3. The lowest BCUT2D eigenvalue weighted by Gasteiger charge is -2.38. The Hall–Kier alpha value is -2.54. The van der Waals surface area contributed by atoms with Crippen LogP contribution in [0.3, 0.4) is 0 Å². The van der Waals surface area contributed by atoms with Gasteiger partial charge in [0.1, 0.15) is 11.3 Å². The van der Waals surface area contributed by atoms with Crippen molar-refractivity contribution in [1.82, 2.24) is 24.5 Å². The van der Waals surface area contributed by atoms with Gasteiger partial charge >= 0.3 is 6.09 Å². The number of hydrogen-bond donors (Lipinski definition) is 0. The third-order valence-electron chi connectivity index (χ3n) is 5.58. The van der Waals surface area contributed by atoms with Gasteiger partial charge in [-0.3, -0.25) is 4.68 Å². The van der Waals surface area contributed by atoms with Crippen LogP contribution < -0.4 is 0 Å². The number of likely N-dealkylation sites (tertiary alicyclic amines) is 1. The van der Waals surface area contributed by atoms with Crippen LogP contribution >= 0.6 is 11.6 Å². The fourth-order valence-corrected chi connectivity index (χ4v) is 4.48. The third kappa shape index (κ3) is 6.32. The van der Waals surface area contributed by atoms with Gasteiger partial charge in [-0.2, -0.15) is 10.2 Å². The Balaban J connectivity index is 0.000000970. The second kappa shape index (κ2) is 11.7. The Morgan fingerprint density at radius 1 is 1.12 bits per heavy atom. The van der Waals surface area contributed by atoms with Gasteiger partial charge in [-0.1, -0.05) is 46.2 Å². The summed E-state index contributed by atoms with van der Waals surface area (Å²) in [6.07, 6.45) is 6.15. The summed E-state index contributed by atoms with van der Waals surface area (Å²) in [5.74, 6) is 0.522. The number of amides is 1. The molecule has 1 amide bonds. The molecule has 0 spiro atoms. The van der Waals surface area contributed by atoms with Crippen LogP contribution in [0.5, 0.6) is 0 Å². The van der Waals surface area contributed by atoms with Crippen molar-refractivity contribution in [2.75, 3.05) is 13.1 Å². The molecule has 1 aromatic carbocycles. The summed E-state index contributed by atoms with van der Waals surface area (Å²) in [6, 6.07) is 4.13. The number of piperidine rings is 1. The first-order chi connectivity index (χ1) is 16.1. The van der Waals surface area contributed by atoms with E-state index in [1.807, 2.05) is 78.7 Å². The molecule has 1 aliphatic rings. The molecule has 3 aromatic rings. The zero-order valence-electron chi connectivity index (χ0n) is 22.1. The van der Waals surface area contributed by atoms with Crippen LogP contribution in [0, 0.1) is 5.92 Å². The van der Waals surface area contributed by atoms with Crippen molar-refractivity contribution in [1.29, 1.82) is 0 Å². The largest absolute Gasteiger partial charge is 0.444 e. The Bertz CT molecular complexity index is 1080. The molecule has 2 unspecified atom stereocenters. The average Bonchev–Trinajstić information content (AvgIpc) is 3.40. The average molecular weight is 490 g/mol. The monoisotopic (exact) mass is 489 g/mol. The van der Waals surface area contributed by atoms with Gasteiger partial charge in [-0.05, 0) is 56.7 Å². The lowest BCUT2D eigenvalue weighted by molar-refractivity contribution is 0.0155. The van der Waals surface area contributed by atoms with Crippen molar-refractivity contribution in [3.63, 3.8) is 0 Å². The highest BCUT2D eigenvalue weighted by molar-refractivity contribution is 6.32. The van der Waals surface area contributed by atoms with Gasteiger partial charge in [0.15, 0.2) is 0 Å². The van der Waals surface area contributed by atoms with Crippen molar-refractivity contribution in [2.45, 2.75) is 73.3 Å². The van der Waals surface area contributed by atoms with Gasteiger partial charge in [0.2, 0.25) is 0 Å².